The minimum Gasteiger partial charge on any atom is -0.336 e. The van der Waals surface area contributed by atoms with E-state index in [0.29, 0.717) is 17.2 Å². The molecule has 2 N–H and O–H groups in total. The van der Waals surface area contributed by atoms with Crippen LogP contribution in [-0.2, 0) is 0 Å². The molecule has 0 saturated heterocycles. The van der Waals surface area contributed by atoms with E-state index in [1.807, 2.05) is 48.7 Å². The highest BCUT2D eigenvalue weighted by molar-refractivity contribution is 5.96. The Morgan fingerprint density at radius 1 is 0.700 bits per heavy atom. The fourth-order valence-corrected chi connectivity index (χ4v) is 3.54. The Kier molecular flexibility index (Phi) is 3.60. The highest BCUT2D eigenvalue weighted by atomic mass is 15.1. The van der Waals surface area contributed by atoms with Crippen LogP contribution < -0.4 is 0 Å². The molecule has 0 saturated carbocycles. The predicted octanol–water partition coefficient (Wildman–Crippen LogP) is 4.02. The van der Waals surface area contributed by atoms with Crippen molar-refractivity contribution < 1.29 is 0 Å². The standard InChI is InChI=1S/C22H14N8/c1-4-14(13-3-2-8-23-11-13)19-16(5-1)27-22(28-19)21-20-17(29-30-21)7-6-15(26-20)18-12-24-9-10-25-18/h1-12H,(H,27,28)(H,29,30). The third-order valence-corrected chi connectivity index (χ3v) is 4.94. The highest BCUT2D eigenvalue weighted by Crippen LogP contribution is 2.31. The first-order valence-corrected chi connectivity index (χ1v) is 9.38. The molecule has 5 aromatic heterocycles. The zero-order chi connectivity index (χ0) is 19.9. The van der Waals surface area contributed by atoms with E-state index in [0.717, 1.165) is 38.9 Å². The van der Waals surface area contributed by atoms with E-state index in [1.54, 1.807) is 24.8 Å². The number of hydrogen-bond acceptors (Lipinski definition) is 6. The van der Waals surface area contributed by atoms with Crippen molar-refractivity contribution >= 4 is 22.1 Å². The Bertz CT molecular complexity index is 1490. The summed E-state index contributed by atoms with van der Waals surface area (Å²) in [5, 5.41) is 7.51. The zero-order valence-corrected chi connectivity index (χ0v) is 15.6. The van der Waals surface area contributed by atoms with Crippen LogP contribution in [0.25, 0.3) is 56.1 Å². The normalized spacial score (nSPS) is 11.3. The summed E-state index contributed by atoms with van der Waals surface area (Å²) in [5.41, 5.74) is 7.44. The summed E-state index contributed by atoms with van der Waals surface area (Å²) in [6.07, 6.45) is 8.57. The van der Waals surface area contributed by atoms with Gasteiger partial charge in [-0.15, -0.1) is 0 Å². The van der Waals surface area contributed by atoms with Crippen LogP contribution in [0.5, 0.6) is 0 Å². The minimum atomic E-state index is 0.649. The molecule has 0 amide bonds. The molecule has 0 fully saturated rings. The molecule has 8 heteroatoms. The molecule has 0 radical (unpaired) electrons. The molecule has 5 heterocycles. The van der Waals surface area contributed by atoms with Crippen LogP contribution in [-0.4, -0.2) is 40.1 Å². The van der Waals surface area contributed by atoms with Crippen LogP contribution >= 0.6 is 0 Å². The lowest BCUT2D eigenvalue weighted by Gasteiger charge is -2.01. The molecule has 0 aliphatic heterocycles. The van der Waals surface area contributed by atoms with Crippen molar-refractivity contribution in [3.05, 3.63) is 73.4 Å². The quantitative estimate of drug-likeness (QED) is 0.472. The van der Waals surface area contributed by atoms with Gasteiger partial charge in [0, 0.05) is 35.9 Å². The largest absolute Gasteiger partial charge is 0.336 e. The first kappa shape index (κ1) is 16.5. The summed E-state index contributed by atoms with van der Waals surface area (Å²) in [6, 6.07) is 13.8. The number of rotatable bonds is 3. The van der Waals surface area contributed by atoms with Crippen molar-refractivity contribution in [2.45, 2.75) is 0 Å². The number of fused-ring (bicyclic) bond motifs is 2. The van der Waals surface area contributed by atoms with E-state index in [4.69, 9.17) is 9.97 Å². The summed E-state index contributed by atoms with van der Waals surface area (Å²) >= 11 is 0. The summed E-state index contributed by atoms with van der Waals surface area (Å²) in [6.45, 7) is 0. The molecule has 6 aromatic rings. The SMILES string of the molecule is c1cncc(-c2cccc3[nH]c(-c4n[nH]c5ccc(-c6cnccn6)nc45)nc23)c1. The second-order valence-electron chi connectivity index (χ2n) is 6.78. The minimum absolute atomic E-state index is 0.649. The molecule has 0 unspecified atom stereocenters. The molecular formula is C22H14N8. The van der Waals surface area contributed by atoms with E-state index in [2.05, 4.69) is 30.1 Å². The Morgan fingerprint density at radius 3 is 2.53 bits per heavy atom. The monoisotopic (exact) mass is 390 g/mol. The Balaban J connectivity index is 1.52. The van der Waals surface area contributed by atoms with Crippen LogP contribution in [0.15, 0.2) is 73.4 Å². The number of hydrogen-bond donors (Lipinski definition) is 2. The lowest BCUT2D eigenvalue weighted by atomic mass is 10.1. The number of aromatic nitrogens is 8. The number of imidazole rings is 1. The van der Waals surface area contributed by atoms with Gasteiger partial charge in [0.15, 0.2) is 11.5 Å². The lowest BCUT2D eigenvalue weighted by Crippen LogP contribution is -1.89. The average Bonchev–Trinajstić information content (AvgIpc) is 3.43. The van der Waals surface area contributed by atoms with Crippen LogP contribution in [0.2, 0.25) is 0 Å². The lowest BCUT2D eigenvalue weighted by molar-refractivity contribution is 1.10. The number of benzene rings is 1. The van der Waals surface area contributed by atoms with Gasteiger partial charge in [0.05, 0.1) is 28.4 Å². The van der Waals surface area contributed by atoms with Crippen LogP contribution in [0.1, 0.15) is 0 Å². The van der Waals surface area contributed by atoms with Gasteiger partial charge in [0.2, 0.25) is 0 Å². The van der Waals surface area contributed by atoms with Gasteiger partial charge in [0.25, 0.3) is 0 Å². The van der Waals surface area contributed by atoms with Gasteiger partial charge in [-0.05, 0) is 24.3 Å². The van der Waals surface area contributed by atoms with Crippen molar-refractivity contribution in [1.29, 1.82) is 0 Å². The van der Waals surface area contributed by atoms with Crippen LogP contribution in [0.3, 0.4) is 0 Å². The number of H-pyrrole nitrogens is 2. The fraction of sp³-hybridized carbons (Fsp3) is 0. The maximum atomic E-state index is 4.85. The summed E-state index contributed by atoms with van der Waals surface area (Å²) < 4.78 is 0. The highest BCUT2D eigenvalue weighted by Gasteiger charge is 2.17. The van der Waals surface area contributed by atoms with Crippen LogP contribution in [0.4, 0.5) is 0 Å². The summed E-state index contributed by atoms with van der Waals surface area (Å²) in [7, 11) is 0. The maximum Gasteiger partial charge on any atom is 0.161 e. The van der Waals surface area contributed by atoms with Gasteiger partial charge in [-0.3, -0.25) is 20.1 Å². The summed E-state index contributed by atoms with van der Waals surface area (Å²) in [5.74, 6) is 0.649. The first-order valence-electron chi connectivity index (χ1n) is 9.38. The van der Waals surface area contributed by atoms with Crippen molar-refractivity contribution in [2.75, 3.05) is 0 Å². The topological polar surface area (TPSA) is 109 Å². The average molecular weight is 390 g/mol. The van der Waals surface area contributed by atoms with E-state index in [-0.39, 0.29) is 0 Å². The Morgan fingerprint density at radius 2 is 1.67 bits per heavy atom. The third-order valence-electron chi connectivity index (χ3n) is 4.94. The molecule has 0 bridgehead atoms. The number of aromatic amines is 2. The third kappa shape index (κ3) is 2.62. The maximum absolute atomic E-state index is 4.85. The molecule has 30 heavy (non-hydrogen) atoms. The number of para-hydroxylation sites is 1. The van der Waals surface area contributed by atoms with Gasteiger partial charge in [-0.25, -0.2) is 9.97 Å². The second kappa shape index (κ2) is 6.56. The first-order chi connectivity index (χ1) is 14.9. The van der Waals surface area contributed by atoms with Crippen molar-refractivity contribution in [3.8, 4) is 34.0 Å². The molecule has 0 atom stereocenters. The molecule has 0 aliphatic carbocycles. The Hall–Kier alpha value is -4.46. The van der Waals surface area contributed by atoms with E-state index < -0.39 is 0 Å². The summed E-state index contributed by atoms with van der Waals surface area (Å²) in [4.78, 5) is 25.7. The van der Waals surface area contributed by atoms with Crippen LogP contribution in [0, 0.1) is 0 Å². The van der Waals surface area contributed by atoms with Gasteiger partial charge in [0.1, 0.15) is 11.2 Å². The molecule has 1 aromatic carbocycles. The second-order valence-corrected chi connectivity index (χ2v) is 6.78. The smallest absolute Gasteiger partial charge is 0.161 e. The van der Waals surface area contributed by atoms with Crippen molar-refractivity contribution in [2.24, 2.45) is 0 Å². The van der Waals surface area contributed by atoms with Gasteiger partial charge in [-0.1, -0.05) is 18.2 Å². The number of nitrogens with zero attached hydrogens (tertiary/aromatic N) is 6. The van der Waals surface area contributed by atoms with Gasteiger partial charge < -0.3 is 4.98 Å². The van der Waals surface area contributed by atoms with E-state index >= 15 is 0 Å². The van der Waals surface area contributed by atoms with Crippen molar-refractivity contribution in [3.63, 3.8) is 0 Å². The van der Waals surface area contributed by atoms with Crippen molar-refractivity contribution in [1.82, 2.24) is 40.1 Å². The number of pyridine rings is 2. The fourth-order valence-electron chi connectivity index (χ4n) is 3.54. The number of nitrogens with one attached hydrogen (secondary N) is 2. The molecule has 8 nitrogen and oxygen atoms in total. The molecular weight excluding hydrogens is 376 g/mol. The Labute approximate surface area is 170 Å². The van der Waals surface area contributed by atoms with E-state index in [9.17, 15) is 0 Å². The zero-order valence-electron chi connectivity index (χ0n) is 15.6. The van der Waals surface area contributed by atoms with E-state index in [1.165, 1.54) is 0 Å². The molecule has 6 rings (SSSR count). The van der Waals surface area contributed by atoms with Gasteiger partial charge in [-0.2, -0.15) is 5.10 Å². The van der Waals surface area contributed by atoms with Gasteiger partial charge >= 0.3 is 0 Å². The molecule has 0 spiro atoms. The predicted molar refractivity (Wildman–Crippen MR) is 113 cm³/mol. The molecule has 142 valence electrons. The molecule has 0 aliphatic rings.